The van der Waals surface area contributed by atoms with Crippen molar-refractivity contribution < 1.29 is 43.7 Å². The van der Waals surface area contributed by atoms with Crippen LogP contribution in [0, 0.1) is 0 Å². The van der Waals surface area contributed by atoms with Gasteiger partial charge in [0, 0.05) is 24.7 Å². The zero-order valence-electron chi connectivity index (χ0n) is 11.6. The number of nitrogens with zero attached hydrogens (tertiary/aromatic N) is 1. The van der Waals surface area contributed by atoms with Crippen molar-refractivity contribution in [2.75, 3.05) is 13.1 Å². The number of hydrogen-bond donors (Lipinski definition) is 6. The molecule has 128 valence electrons. The second-order valence-electron chi connectivity index (χ2n) is 4.43. The highest BCUT2D eigenvalue weighted by Gasteiger charge is 2.29. The van der Waals surface area contributed by atoms with Gasteiger partial charge in [-0.15, -0.1) is 0 Å². The van der Waals surface area contributed by atoms with Gasteiger partial charge in [0.25, 0.3) is 0 Å². The van der Waals surface area contributed by atoms with E-state index in [1.54, 1.807) is 0 Å². The second kappa shape index (κ2) is 8.71. The van der Waals surface area contributed by atoms with E-state index in [-0.39, 0.29) is 13.1 Å². The molecule has 0 radical (unpaired) electrons. The van der Waals surface area contributed by atoms with E-state index in [0.29, 0.717) is 11.6 Å². The smallest absolute Gasteiger partial charge is 0.348 e. The number of carboxylic acid groups (broad SMARTS) is 1. The van der Waals surface area contributed by atoms with Gasteiger partial charge in [-0.2, -0.15) is 0 Å². The molecule has 0 aliphatic rings. The maximum absolute atomic E-state index is 11.1. The number of aliphatic hydroxyl groups excluding tert-OH is 1. The number of rotatable bonds is 9. The molecule has 0 bridgehead atoms. The van der Waals surface area contributed by atoms with Gasteiger partial charge in [-0.3, -0.25) is 18.8 Å². The largest absolute Gasteiger partial charge is 0.480 e. The summed E-state index contributed by atoms with van der Waals surface area (Å²) in [6.07, 6.45) is 0.721. The molecule has 0 saturated carbocycles. The van der Waals surface area contributed by atoms with Crippen LogP contribution in [0.1, 0.15) is 6.92 Å². The molecule has 0 aliphatic heterocycles. The maximum atomic E-state index is 11.1. The molecule has 6 N–H and O–H groups in total. The molecule has 0 aromatic rings. The van der Waals surface area contributed by atoms with E-state index < -0.39 is 33.3 Å². The van der Waals surface area contributed by atoms with Gasteiger partial charge in [0.15, 0.2) is 0 Å². The number of hydrogen-bond acceptors (Lipinski definition) is 5. The van der Waals surface area contributed by atoms with Crippen molar-refractivity contribution in [3.63, 3.8) is 0 Å². The molecule has 0 aromatic heterocycles. The first-order valence-electron chi connectivity index (χ1n) is 5.94. The summed E-state index contributed by atoms with van der Waals surface area (Å²) >= 11 is 0. The first kappa shape index (κ1) is 21.2. The van der Waals surface area contributed by atoms with E-state index in [0.717, 1.165) is 17.1 Å². The maximum Gasteiger partial charge on any atom is 0.348 e. The zero-order valence-corrected chi connectivity index (χ0v) is 13.4. The van der Waals surface area contributed by atoms with Gasteiger partial charge in [0.2, 0.25) is 0 Å². The van der Waals surface area contributed by atoms with Gasteiger partial charge in [-0.1, -0.05) is 12.2 Å². The Kier molecular flexibility index (Phi) is 8.38. The summed E-state index contributed by atoms with van der Waals surface area (Å²) in [6, 6.07) is -1.41. The molecular weight excluding hydrogens is 340 g/mol. The Morgan fingerprint density at radius 2 is 1.41 bits per heavy atom. The highest BCUT2D eigenvalue weighted by molar-refractivity contribution is 7.55. The van der Waals surface area contributed by atoms with Gasteiger partial charge in [0.05, 0.1) is 6.10 Å². The fourth-order valence-electron chi connectivity index (χ4n) is 1.61. The number of aliphatic hydroxyl groups is 1. The van der Waals surface area contributed by atoms with Gasteiger partial charge < -0.3 is 29.8 Å². The third-order valence-corrected chi connectivity index (χ3v) is 3.58. The number of aliphatic carboxylic acids is 1. The van der Waals surface area contributed by atoms with Crippen LogP contribution in [0.15, 0.2) is 23.8 Å². The molecule has 0 saturated heterocycles. The van der Waals surface area contributed by atoms with Crippen LogP contribution in [0.2, 0.25) is 0 Å². The molecule has 0 spiro atoms. The molecular formula is C10H19NO9P2. The molecule has 12 heteroatoms. The van der Waals surface area contributed by atoms with Crippen LogP contribution in [0.4, 0.5) is 0 Å². The summed E-state index contributed by atoms with van der Waals surface area (Å²) < 4.78 is 21.4. The molecule has 0 amide bonds. The minimum absolute atomic E-state index is 0.252. The number of carbonyl (C=O) groups is 1. The molecule has 22 heavy (non-hydrogen) atoms. The van der Waals surface area contributed by atoms with Gasteiger partial charge >= 0.3 is 21.2 Å². The molecule has 0 aliphatic carbocycles. The third kappa shape index (κ3) is 9.99. The van der Waals surface area contributed by atoms with E-state index in [1.807, 2.05) is 0 Å². The third-order valence-electron chi connectivity index (χ3n) is 2.38. The van der Waals surface area contributed by atoms with Crippen LogP contribution in [0.3, 0.4) is 0 Å². The second-order valence-corrected chi connectivity index (χ2v) is 7.38. The Morgan fingerprint density at radius 3 is 1.64 bits per heavy atom. The average molecular weight is 359 g/mol. The topological polar surface area (TPSA) is 176 Å². The standard InChI is InChI=1S/C10H19NO9P2/c1-8(12)9(10(13)14)11(4-2-6-21(15,16)17)5-3-7-22(18,19)20/h2-3,6-9,12H,4-5H2,1H3,(H,13,14)(H2,15,16,17)(H2,18,19,20)/t8-,9+/m1/s1. The van der Waals surface area contributed by atoms with Crippen LogP contribution >= 0.6 is 15.2 Å². The predicted molar refractivity (Wildman–Crippen MR) is 77.0 cm³/mol. The Balaban J connectivity index is 5.17. The van der Waals surface area contributed by atoms with Crippen molar-refractivity contribution >= 4 is 21.2 Å². The lowest BCUT2D eigenvalue weighted by Crippen LogP contribution is -2.48. The van der Waals surface area contributed by atoms with Crippen molar-refractivity contribution in [1.82, 2.24) is 4.90 Å². The van der Waals surface area contributed by atoms with Crippen molar-refractivity contribution in [2.24, 2.45) is 0 Å². The summed E-state index contributed by atoms with van der Waals surface area (Å²) in [5.41, 5.74) is 0. The van der Waals surface area contributed by atoms with Crippen LogP contribution in [-0.2, 0) is 13.9 Å². The highest BCUT2D eigenvalue weighted by Crippen LogP contribution is 2.36. The van der Waals surface area contributed by atoms with Crippen LogP contribution in [0.5, 0.6) is 0 Å². The Labute approximate surface area is 126 Å². The van der Waals surface area contributed by atoms with E-state index in [2.05, 4.69) is 0 Å². The SMILES string of the molecule is C[C@@H](O)[C@@H](C(=O)O)N(CC=CP(=O)(O)O)CC=CP(=O)(O)O. The molecule has 0 rings (SSSR count). The summed E-state index contributed by atoms with van der Waals surface area (Å²) in [5, 5.41) is 18.6. The highest BCUT2D eigenvalue weighted by atomic mass is 31.2. The zero-order chi connectivity index (χ0) is 17.6. The molecule has 0 heterocycles. The molecule has 0 fully saturated rings. The normalized spacial score (nSPS) is 16.5. The van der Waals surface area contributed by atoms with Crippen molar-refractivity contribution in [3.05, 3.63) is 23.8 Å². The predicted octanol–water partition coefficient (Wildman–Crippen LogP) is -0.495. The summed E-state index contributed by atoms with van der Waals surface area (Å²) in [4.78, 5) is 47.0. The van der Waals surface area contributed by atoms with Crippen molar-refractivity contribution in [1.29, 1.82) is 0 Å². The van der Waals surface area contributed by atoms with E-state index in [4.69, 9.17) is 24.7 Å². The lowest BCUT2D eigenvalue weighted by Gasteiger charge is -2.28. The summed E-state index contributed by atoms with van der Waals surface area (Å²) in [5.74, 6) is -0.231. The minimum atomic E-state index is -4.41. The van der Waals surface area contributed by atoms with E-state index >= 15 is 0 Å². The van der Waals surface area contributed by atoms with Gasteiger partial charge in [-0.25, -0.2) is 0 Å². The Morgan fingerprint density at radius 1 is 1.05 bits per heavy atom. The minimum Gasteiger partial charge on any atom is -0.480 e. The lowest BCUT2D eigenvalue weighted by molar-refractivity contribution is -0.146. The van der Waals surface area contributed by atoms with Gasteiger partial charge in [-0.05, 0) is 6.92 Å². The fraction of sp³-hybridized carbons (Fsp3) is 0.500. The van der Waals surface area contributed by atoms with Gasteiger partial charge in [0.1, 0.15) is 6.04 Å². The number of carboxylic acids is 1. The quantitative estimate of drug-likeness (QED) is 0.294. The summed E-state index contributed by atoms with van der Waals surface area (Å²) in [7, 11) is -8.82. The Bertz CT molecular complexity index is 484. The molecule has 2 atom stereocenters. The fourth-order valence-corrected chi connectivity index (χ4v) is 2.35. The average Bonchev–Trinajstić information content (AvgIpc) is 2.23. The van der Waals surface area contributed by atoms with Crippen LogP contribution < -0.4 is 0 Å². The van der Waals surface area contributed by atoms with Crippen molar-refractivity contribution in [3.8, 4) is 0 Å². The van der Waals surface area contributed by atoms with E-state index in [1.165, 1.54) is 6.92 Å². The Hall–Kier alpha value is -0.830. The van der Waals surface area contributed by atoms with E-state index in [9.17, 15) is 19.0 Å². The first-order valence-corrected chi connectivity index (χ1v) is 9.30. The molecule has 0 aromatic carbocycles. The summed E-state index contributed by atoms with van der Waals surface area (Å²) in [6.45, 7) is 0.710. The van der Waals surface area contributed by atoms with Crippen LogP contribution in [0.25, 0.3) is 0 Å². The van der Waals surface area contributed by atoms with Crippen molar-refractivity contribution in [2.45, 2.75) is 19.1 Å². The van der Waals surface area contributed by atoms with Crippen LogP contribution in [-0.4, -0.2) is 65.9 Å². The first-order chi connectivity index (χ1) is 9.83. The molecule has 10 nitrogen and oxygen atoms in total. The lowest BCUT2D eigenvalue weighted by atomic mass is 10.1. The monoisotopic (exact) mass is 359 g/mol. The molecule has 0 unspecified atom stereocenters.